The highest BCUT2D eigenvalue weighted by Crippen LogP contribution is 2.06. The molecule has 0 bridgehead atoms. The van der Waals surface area contributed by atoms with Crippen LogP contribution in [0.5, 0.6) is 0 Å². The van der Waals surface area contributed by atoms with Crippen LogP contribution in [0.15, 0.2) is 18.2 Å². The Kier molecular flexibility index (Phi) is 8.90. The molecule has 6 heteroatoms. The molecule has 0 unspecified atom stereocenters. The minimum Gasteiger partial charge on any atom is -0.380 e. The van der Waals surface area contributed by atoms with Crippen LogP contribution in [0.4, 0.5) is 5.82 Å². The molecule has 114 valence electrons. The van der Waals surface area contributed by atoms with E-state index in [0.717, 1.165) is 51.8 Å². The van der Waals surface area contributed by atoms with Gasteiger partial charge in [0.2, 0.25) is 0 Å². The summed E-state index contributed by atoms with van der Waals surface area (Å²) in [7, 11) is 0. The quantitative estimate of drug-likeness (QED) is 0.361. The van der Waals surface area contributed by atoms with Crippen molar-refractivity contribution in [3.05, 3.63) is 23.9 Å². The first kappa shape index (κ1) is 16.8. The second kappa shape index (κ2) is 10.6. The van der Waals surface area contributed by atoms with E-state index in [2.05, 4.69) is 15.3 Å². The molecular formula is C14H26N4O2. The number of rotatable bonds is 11. The Morgan fingerprint density at radius 2 is 1.80 bits per heavy atom. The lowest BCUT2D eigenvalue weighted by atomic mass is 10.3. The fourth-order valence-electron chi connectivity index (χ4n) is 1.82. The summed E-state index contributed by atoms with van der Waals surface area (Å²) in [5.41, 5.74) is 3.55. The lowest BCUT2D eigenvalue weighted by Crippen LogP contribution is -2.31. The normalized spacial score (nSPS) is 11.0. The van der Waals surface area contributed by atoms with Gasteiger partial charge in [0.25, 0.3) is 0 Å². The van der Waals surface area contributed by atoms with Crippen molar-refractivity contribution in [1.82, 2.24) is 9.88 Å². The molecule has 3 N–H and O–H groups in total. The lowest BCUT2D eigenvalue weighted by molar-refractivity contribution is 0.0793. The van der Waals surface area contributed by atoms with E-state index in [1.807, 2.05) is 32.0 Å². The zero-order chi connectivity index (χ0) is 14.6. The Labute approximate surface area is 121 Å². The monoisotopic (exact) mass is 282 g/mol. The second-order valence-corrected chi connectivity index (χ2v) is 4.33. The molecule has 1 aromatic rings. The van der Waals surface area contributed by atoms with Crippen LogP contribution in [0, 0.1) is 0 Å². The first-order chi connectivity index (χ1) is 9.80. The topological polar surface area (TPSA) is 72.6 Å². The Morgan fingerprint density at radius 1 is 1.15 bits per heavy atom. The maximum absolute atomic E-state index is 5.42. The number of pyridine rings is 1. The van der Waals surface area contributed by atoms with E-state index in [9.17, 15) is 0 Å². The highest BCUT2D eigenvalue weighted by atomic mass is 16.5. The molecule has 0 radical (unpaired) electrons. The third-order valence-electron chi connectivity index (χ3n) is 2.85. The third-order valence-corrected chi connectivity index (χ3v) is 2.85. The molecule has 0 aliphatic carbocycles. The molecule has 1 aromatic heterocycles. The number of aromatic nitrogens is 1. The predicted octanol–water partition coefficient (Wildman–Crippen LogP) is 1.24. The molecule has 0 saturated carbocycles. The van der Waals surface area contributed by atoms with Crippen molar-refractivity contribution in [2.75, 3.05) is 44.9 Å². The Bertz CT molecular complexity index is 353. The third kappa shape index (κ3) is 6.81. The minimum absolute atomic E-state index is 0.678. The molecule has 0 atom stereocenters. The summed E-state index contributed by atoms with van der Waals surface area (Å²) in [5, 5.41) is 0. The minimum atomic E-state index is 0.678. The van der Waals surface area contributed by atoms with Crippen LogP contribution >= 0.6 is 0 Å². The van der Waals surface area contributed by atoms with Gasteiger partial charge in [0.15, 0.2) is 0 Å². The van der Waals surface area contributed by atoms with Crippen molar-refractivity contribution >= 4 is 5.82 Å². The number of nitrogens with two attached hydrogens (primary N) is 1. The van der Waals surface area contributed by atoms with Gasteiger partial charge in [-0.05, 0) is 26.0 Å². The first-order valence-corrected chi connectivity index (χ1v) is 7.10. The Balaban J connectivity index is 2.51. The van der Waals surface area contributed by atoms with Gasteiger partial charge in [-0.3, -0.25) is 4.90 Å². The smallest absolute Gasteiger partial charge is 0.140 e. The number of anilines is 1. The average molecular weight is 282 g/mol. The van der Waals surface area contributed by atoms with E-state index >= 15 is 0 Å². The van der Waals surface area contributed by atoms with E-state index in [1.165, 1.54) is 0 Å². The number of nitrogens with one attached hydrogen (secondary N) is 1. The largest absolute Gasteiger partial charge is 0.380 e. The fourth-order valence-corrected chi connectivity index (χ4v) is 1.82. The summed E-state index contributed by atoms with van der Waals surface area (Å²) in [6, 6.07) is 5.78. The zero-order valence-corrected chi connectivity index (χ0v) is 12.5. The molecule has 20 heavy (non-hydrogen) atoms. The van der Waals surface area contributed by atoms with Gasteiger partial charge >= 0.3 is 0 Å². The van der Waals surface area contributed by atoms with Gasteiger partial charge in [-0.15, -0.1) is 0 Å². The fraction of sp³-hybridized carbons (Fsp3) is 0.643. The zero-order valence-electron chi connectivity index (χ0n) is 12.5. The summed E-state index contributed by atoms with van der Waals surface area (Å²) in [6.07, 6.45) is 0. The van der Waals surface area contributed by atoms with Crippen molar-refractivity contribution in [1.29, 1.82) is 0 Å². The van der Waals surface area contributed by atoms with Gasteiger partial charge in [0.05, 0.1) is 18.9 Å². The van der Waals surface area contributed by atoms with Crippen molar-refractivity contribution in [3.63, 3.8) is 0 Å². The lowest BCUT2D eigenvalue weighted by Gasteiger charge is -2.21. The number of hydrogen-bond donors (Lipinski definition) is 2. The molecule has 0 aliphatic heterocycles. The second-order valence-electron chi connectivity index (χ2n) is 4.33. The number of hydrazine groups is 1. The van der Waals surface area contributed by atoms with E-state index in [0.29, 0.717) is 5.82 Å². The number of ether oxygens (including phenoxy) is 2. The Hall–Kier alpha value is -1.21. The van der Waals surface area contributed by atoms with Crippen LogP contribution in [-0.2, 0) is 16.0 Å². The average Bonchev–Trinajstić information content (AvgIpc) is 2.47. The summed E-state index contributed by atoms with van der Waals surface area (Å²) >= 11 is 0. The summed E-state index contributed by atoms with van der Waals surface area (Å²) in [5.74, 6) is 6.06. The van der Waals surface area contributed by atoms with Gasteiger partial charge < -0.3 is 14.9 Å². The van der Waals surface area contributed by atoms with Crippen molar-refractivity contribution in [3.8, 4) is 0 Å². The van der Waals surface area contributed by atoms with Crippen LogP contribution in [0.1, 0.15) is 19.5 Å². The molecule has 0 aromatic carbocycles. The number of hydrogen-bond acceptors (Lipinski definition) is 6. The molecule has 0 fully saturated rings. The van der Waals surface area contributed by atoms with Crippen LogP contribution in [0.3, 0.4) is 0 Å². The van der Waals surface area contributed by atoms with Crippen LogP contribution in [0.25, 0.3) is 0 Å². The van der Waals surface area contributed by atoms with E-state index < -0.39 is 0 Å². The first-order valence-electron chi connectivity index (χ1n) is 7.10. The van der Waals surface area contributed by atoms with Crippen molar-refractivity contribution in [2.45, 2.75) is 20.4 Å². The van der Waals surface area contributed by atoms with Crippen molar-refractivity contribution in [2.24, 2.45) is 5.84 Å². The maximum atomic E-state index is 5.42. The van der Waals surface area contributed by atoms with E-state index in [-0.39, 0.29) is 0 Å². The van der Waals surface area contributed by atoms with Gasteiger partial charge in [-0.1, -0.05) is 6.07 Å². The molecule has 0 spiro atoms. The molecule has 6 nitrogen and oxygen atoms in total. The maximum Gasteiger partial charge on any atom is 0.140 e. The van der Waals surface area contributed by atoms with E-state index in [1.54, 1.807) is 0 Å². The van der Waals surface area contributed by atoms with Gasteiger partial charge in [0, 0.05) is 32.8 Å². The SMILES string of the molecule is CCOCCN(CCOCC)Cc1cccc(NN)n1. The number of nitrogens with zero attached hydrogens (tertiary/aromatic N) is 2. The molecule has 1 heterocycles. The standard InChI is InChI=1S/C14H26N4O2/c1-3-19-10-8-18(9-11-20-4-2)12-13-6-5-7-14(16-13)17-15/h5-7H,3-4,8-12,15H2,1-2H3,(H,16,17). The van der Waals surface area contributed by atoms with E-state index in [4.69, 9.17) is 15.3 Å². The van der Waals surface area contributed by atoms with Gasteiger partial charge in [-0.25, -0.2) is 10.8 Å². The summed E-state index contributed by atoms with van der Waals surface area (Å²) in [4.78, 5) is 6.70. The van der Waals surface area contributed by atoms with Crippen LogP contribution in [0.2, 0.25) is 0 Å². The molecule has 0 aliphatic rings. The van der Waals surface area contributed by atoms with Crippen LogP contribution in [-0.4, -0.2) is 49.4 Å². The molecule has 0 amide bonds. The van der Waals surface area contributed by atoms with Crippen LogP contribution < -0.4 is 11.3 Å². The molecule has 0 saturated heterocycles. The van der Waals surface area contributed by atoms with Crippen molar-refractivity contribution < 1.29 is 9.47 Å². The highest BCUT2D eigenvalue weighted by molar-refractivity contribution is 5.33. The number of nitrogen functional groups attached to an aromatic ring is 1. The van der Waals surface area contributed by atoms with Gasteiger partial charge in [0.1, 0.15) is 5.82 Å². The predicted molar refractivity (Wildman–Crippen MR) is 80.3 cm³/mol. The highest BCUT2D eigenvalue weighted by Gasteiger charge is 2.07. The molecule has 1 rings (SSSR count). The Morgan fingerprint density at radius 3 is 2.35 bits per heavy atom. The summed E-state index contributed by atoms with van der Waals surface area (Å²) < 4.78 is 10.8. The van der Waals surface area contributed by atoms with Gasteiger partial charge in [-0.2, -0.15) is 0 Å². The molecular weight excluding hydrogens is 256 g/mol. The summed E-state index contributed by atoms with van der Waals surface area (Å²) in [6.45, 7) is 9.41.